The van der Waals surface area contributed by atoms with E-state index in [4.69, 9.17) is 58.6 Å². The first-order valence-corrected chi connectivity index (χ1v) is 40.2. The number of amides is 7. The number of nitrogens with one attached hydrogen (secondary N) is 9. The number of benzene rings is 3. The fourth-order valence-corrected chi connectivity index (χ4v) is 14.0. The van der Waals surface area contributed by atoms with E-state index in [1.54, 1.807) is 30.3 Å². The average molecular weight is 1560 g/mol. The van der Waals surface area contributed by atoms with E-state index < -0.39 is 15.7 Å². The van der Waals surface area contributed by atoms with Crippen LogP contribution in [-0.4, -0.2) is 234 Å². The summed E-state index contributed by atoms with van der Waals surface area (Å²) in [5.74, 6) is 1.67. The van der Waals surface area contributed by atoms with Gasteiger partial charge in [0.2, 0.25) is 29.5 Å². The minimum atomic E-state index is -3.50. The molecule has 2 aromatic heterocycles. The van der Waals surface area contributed by atoms with E-state index in [0.29, 0.717) is 188 Å². The number of hydrogen-bond donors (Lipinski definition) is 9. The molecule has 0 bridgehead atoms. The third-order valence-electron chi connectivity index (χ3n) is 16.9. The van der Waals surface area contributed by atoms with Crippen LogP contribution >= 0.6 is 23.4 Å². The smallest absolute Gasteiger partial charge is 0.315 e. The Morgan fingerprint density at radius 3 is 1.68 bits per heavy atom. The Morgan fingerprint density at radius 1 is 0.561 bits per heavy atom. The number of hydrogen-bond acceptors (Lipinski definition) is 23. The molecule has 2 aliphatic rings. The Labute approximate surface area is 635 Å². The van der Waals surface area contributed by atoms with Crippen molar-refractivity contribution in [1.82, 2.24) is 52.5 Å². The molecule has 5 aromatic rings. The van der Waals surface area contributed by atoms with Gasteiger partial charge < -0.3 is 94.9 Å². The van der Waals surface area contributed by atoms with Crippen LogP contribution in [0.4, 0.5) is 20.7 Å². The molecule has 9 N–H and O–H groups in total. The number of sulfone groups is 1. The minimum absolute atomic E-state index is 0.0243. The molecule has 107 heavy (non-hydrogen) atoms. The van der Waals surface area contributed by atoms with Crippen molar-refractivity contribution in [3.8, 4) is 17.1 Å². The number of carbonyl (C=O) groups excluding carboxylic acids is 6. The number of furan rings is 1. The number of fused-ring (bicyclic) bond motifs is 2. The van der Waals surface area contributed by atoms with Crippen LogP contribution < -0.4 is 52.6 Å². The van der Waals surface area contributed by atoms with Crippen LogP contribution in [0, 0.1) is 5.82 Å². The Bertz CT molecular complexity index is 3570. The normalized spacial score (nSPS) is 14.7. The second-order valence-electron chi connectivity index (χ2n) is 25.4. The van der Waals surface area contributed by atoms with Crippen LogP contribution in [0.5, 0.6) is 5.75 Å². The van der Waals surface area contributed by atoms with Crippen molar-refractivity contribution >= 4 is 91.2 Å². The highest BCUT2D eigenvalue weighted by Gasteiger charge is 2.42. The summed E-state index contributed by atoms with van der Waals surface area (Å²) in [5.41, 5.74) is 2.80. The van der Waals surface area contributed by atoms with Crippen LogP contribution in [0.25, 0.3) is 22.2 Å². The number of anilines is 2. The van der Waals surface area contributed by atoms with E-state index in [9.17, 15) is 41.6 Å². The number of unbranched alkanes of at least 4 members (excludes halogenated alkanes) is 5. The van der Waals surface area contributed by atoms with E-state index >= 15 is 0 Å². The molecular formula is C74H107ClFN11O18S2. The van der Waals surface area contributed by atoms with E-state index in [2.05, 4.69) is 57.8 Å². The number of nitrogens with zero attached hydrogens (tertiary/aromatic N) is 2. The van der Waals surface area contributed by atoms with Gasteiger partial charge in [0, 0.05) is 99.0 Å². The molecule has 0 saturated carbocycles. The summed E-state index contributed by atoms with van der Waals surface area (Å²) in [5, 5.41) is 27.9. The first kappa shape index (κ1) is 86.9. The maximum Gasteiger partial charge on any atom is 0.315 e. The van der Waals surface area contributed by atoms with Crippen molar-refractivity contribution in [2.45, 2.75) is 120 Å². The van der Waals surface area contributed by atoms with E-state index in [0.717, 1.165) is 74.5 Å². The zero-order valence-electron chi connectivity index (χ0n) is 61.0. The second kappa shape index (κ2) is 51.9. The Kier molecular flexibility index (Phi) is 42.1. The summed E-state index contributed by atoms with van der Waals surface area (Å²) in [6.45, 7) is 8.68. The third kappa shape index (κ3) is 37.1. The first-order chi connectivity index (χ1) is 52.2. The lowest BCUT2D eigenvalue weighted by Crippen LogP contribution is -2.36. The lowest BCUT2D eigenvalue weighted by Gasteiger charge is -2.16. The molecular weight excluding hydrogens is 1450 g/mol. The largest absolute Gasteiger partial charge is 0.487 e. The minimum Gasteiger partial charge on any atom is -0.487 e. The van der Waals surface area contributed by atoms with Gasteiger partial charge in [0.25, 0.3) is 0 Å². The molecule has 3 atom stereocenters. The summed E-state index contributed by atoms with van der Waals surface area (Å²) in [6.07, 6.45) is 10.4. The van der Waals surface area contributed by atoms with Crippen molar-refractivity contribution < 1.29 is 88.6 Å². The second-order valence-corrected chi connectivity index (χ2v) is 29.4. The number of urea groups is 1. The van der Waals surface area contributed by atoms with E-state index in [1.165, 1.54) is 18.5 Å². The van der Waals surface area contributed by atoms with Crippen LogP contribution in [0.3, 0.4) is 0 Å². The Hall–Kier alpha value is -7.34. The molecule has 4 heterocycles. The summed E-state index contributed by atoms with van der Waals surface area (Å²) >= 11 is 8.44. The molecule has 2 saturated heterocycles. The molecule has 7 amide bonds. The van der Waals surface area contributed by atoms with Gasteiger partial charge in [-0.3, -0.25) is 24.0 Å². The quantitative estimate of drug-likeness (QED) is 0.0142. The standard InChI is InChI=1S/C74H107ClFN11O18S2/c75-61-50-58(17-20-65(61)104-52-55-10-9-11-57(76)48-55)85-73-60-49-56(16-19-62(60)83-54-84-73)64-21-18-59(105-64)51-77-28-46-107(94,95)47-29-82-71(92)23-22-70(91)81-27-31-97-33-35-99-37-39-101-41-43-103-45-44-102-42-40-100-38-36-98-34-32-96-30-26-80-69(90)14-4-2-8-24-78-67(88)13-3-1-7-25-79-68(89)15-6-5-12-66-72-63(53-106-66)86-74(93)87-72/h9-11,16-21,48-50,54,63,66,72,77H,1-8,12-15,22-47,51-53H2,(H,78,88)(H,79,89)(H,80,90)(H,81,91)(H,82,92)(H,83,84,85)(H2,86,87,93)/t63-,66-,72-/m0/s1. The van der Waals surface area contributed by atoms with Gasteiger partial charge in [-0.15, -0.1) is 0 Å². The highest BCUT2D eigenvalue weighted by atomic mass is 35.5. The first-order valence-electron chi connectivity index (χ1n) is 37.0. The molecule has 7 rings (SSSR count). The van der Waals surface area contributed by atoms with E-state index in [1.807, 2.05) is 42.1 Å². The van der Waals surface area contributed by atoms with Gasteiger partial charge in [0.1, 0.15) is 41.8 Å². The fourth-order valence-electron chi connectivity index (χ4n) is 11.2. The van der Waals surface area contributed by atoms with Crippen molar-refractivity contribution in [3.63, 3.8) is 0 Å². The maximum atomic E-state index is 13.6. The predicted octanol–water partition coefficient (Wildman–Crippen LogP) is 6.85. The zero-order chi connectivity index (χ0) is 75.8. The van der Waals surface area contributed by atoms with Crippen LogP contribution in [0.15, 0.2) is 83.5 Å². The predicted molar refractivity (Wildman–Crippen MR) is 405 cm³/mol. The molecule has 0 unspecified atom stereocenters. The number of rotatable bonds is 61. The summed E-state index contributed by atoms with van der Waals surface area (Å²) in [6, 6.07) is 21.0. The maximum absolute atomic E-state index is 13.6. The molecule has 29 nitrogen and oxygen atoms in total. The number of carbonyl (C=O) groups is 6. The lowest BCUT2D eigenvalue weighted by atomic mass is 10.0. The molecule has 33 heteroatoms. The average Bonchev–Trinajstić information content (AvgIpc) is 1.73. The van der Waals surface area contributed by atoms with Gasteiger partial charge in [-0.05, 0) is 105 Å². The number of aromatic nitrogens is 2. The Morgan fingerprint density at radius 2 is 1.10 bits per heavy atom. The van der Waals surface area contributed by atoms with E-state index in [-0.39, 0.29) is 111 Å². The molecule has 0 radical (unpaired) electrons. The number of halogens is 2. The van der Waals surface area contributed by atoms with Gasteiger partial charge in [-0.1, -0.05) is 43.0 Å². The zero-order valence-corrected chi connectivity index (χ0v) is 63.4. The monoisotopic (exact) mass is 1560 g/mol. The molecule has 3 aromatic carbocycles. The molecule has 2 fully saturated rings. The summed E-state index contributed by atoms with van der Waals surface area (Å²) in [7, 11) is -3.50. The van der Waals surface area contributed by atoms with Crippen molar-refractivity contribution in [2.24, 2.45) is 0 Å². The van der Waals surface area contributed by atoms with Crippen molar-refractivity contribution in [1.29, 1.82) is 0 Å². The van der Waals surface area contributed by atoms with Gasteiger partial charge in [0.15, 0.2) is 9.84 Å². The number of ether oxygens (including phenoxy) is 9. The van der Waals surface area contributed by atoms with Gasteiger partial charge >= 0.3 is 6.03 Å². The summed E-state index contributed by atoms with van der Waals surface area (Å²) in [4.78, 5) is 81.6. The van der Waals surface area contributed by atoms with Crippen molar-refractivity contribution in [2.75, 3.05) is 168 Å². The topological polar surface area (TPSA) is 367 Å². The van der Waals surface area contributed by atoms with Gasteiger partial charge in [-0.2, -0.15) is 11.8 Å². The van der Waals surface area contributed by atoms with Crippen LogP contribution in [0.1, 0.15) is 101 Å². The molecule has 0 spiro atoms. The van der Waals surface area contributed by atoms with Crippen LogP contribution in [-0.2, 0) is 84.9 Å². The SMILES string of the molecule is O=C(CCCCCNC(=O)CCCC[C@@H]1SC[C@@H]2NC(=O)N[C@@H]21)NCCCCCC(=O)NCCOCCOCCOCCOCCOCCOCCOCCOCCNC(=O)CCC(=O)NCCS(=O)(=O)CCNCc1ccc(-c2ccc3ncnc(Nc4ccc(OCc5cccc(F)c5)c(Cl)c4)c3c2)o1. The van der Waals surface area contributed by atoms with Crippen LogP contribution in [0.2, 0.25) is 5.02 Å². The van der Waals surface area contributed by atoms with Gasteiger partial charge in [0.05, 0.1) is 146 Å². The third-order valence-corrected chi connectivity index (χ3v) is 20.3. The van der Waals surface area contributed by atoms with Crippen molar-refractivity contribution in [3.05, 3.63) is 101 Å². The molecule has 592 valence electrons. The highest BCUT2D eigenvalue weighted by molar-refractivity contribution is 8.00. The Balaban J connectivity index is 0.544. The molecule has 0 aliphatic carbocycles. The molecule has 2 aliphatic heterocycles. The number of thioether (sulfide) groups is 1. The lowest BCUT2D eigenvalue weighted by molar-refractivity contribution is -0.126. The van der Waals surface area contributed by atoms with Gasteiger partial charge in [-0.25, -0.2) is 27.6 Å². The fraction of sp³-hybridized carbons (Fsp3) is 0.595. The summed E-state index contributed by atoms with van der Waals surface area (Å²) < 4.78 is 95.2. The highest BCUT2D eigenvalue weighted by Crippen LogP contribution is 2.35.